The molecule has 0 saturated carbocycles. The highest BCUT2D eigenvalue weighted by Crippen LogP contribution is 2.09. The van der Waals surface area contributed by atoms with Gasteiger partial charge in [0, 0.05) is 19.4 Å². The molecular formula is C8H16O3. The molecule has 0 spiro atoms. The van der Waals surface area contributed by atoms with Crippen molar-refractivity contribution < 1.29 is 14.6 Å². The fraction of sp³-hybridized carbons (Fsp3) is 0.875. The third kappa shape index (κ3) is 4.79. The molecule has 0 heterocycles. The highest BCUT2D eigenvalue weighted by Gasteiger charge is 2.12. The lowest BCUT2D eigenvalue weighted by Gasteiger charge is -2.16. The van der Waals surface area contributed by atoms with Crippen LogP contribution in [-0.4, -0.2) is 24.3 Å². The third-order valence-corrected chi connectivity index (χ3v) is 1.68. The third-order valence-electron chi connectivity index (χ3n) is 1.68. The molecule has 0 aromatic carbocycles. The van der Waals surface area contributed by atoms with Crippen molar-refractivity contribution in [2.24, 2.45) is 11.8 Å². The first kappa shape index (κ1) is 10.4. The number of hydrogen-bond donors (Lipinski definition) is 1. The fourth-order valence-electron chi connectivity index (χ4n) is 0.680. The normalized spacial score (nSPS) is 13.2. The molecule has 0 aliphatic rings. The molecule has 1 atom stereocenters. The zero-order valence-corrected chi connectivity index (χ0v) is 7.33. The number of hydrogen-bond acceptors (Lipinski definition) is 3. The minimum Gasteiger partial charge on any atom is -0.465 e. The van der Waals surface area contributed by atoms with E-state index in [0.717, 1.165) is 0 Å². The second kappa shape index (κ2) is 5.13. The molecule has 11 heavy (non-hydrogen) atoms. The van der Waals surface area contributed by atoms with Crippen molar-refractivity contribution in [1.29, 1.82) is 0 Å². The SMILES string of the molecule is CC(=O)OCC(CO)C(C)C. The monoisotopic (exact) mass is 160 g/mol. The van der Waals surface area contributed by atoms with Crippen LogP contribution in [0.5, 0.6) is 0 Å². The summed E-state index contributed by atoms with van der Waals surface area (Å²) in [5, 5.41) is 8.82. The first-order valence-corrected chi connectivity index (χ1v) is 3.82. The minimum absolute atomic E-state index is 0.0684. The maximum atomic E-state index is 10.4. The maximum Gasteiger partial charge on any atom is 0.302 e. The Balaban J connectivity index is 3.61. The van der Waals surface area contributed by atoms with Crippen LogP contribution in [0, 0.1) is 11.8 Å². The highest BCUT2D eigenvalue weighted by molar-refractivity contribution is 5.65. The van der Waals surface area contributed by atoms with E-state index in [0.29, 0.717) is 12.5 Å². The maximum absolute atomic E-state index is 10.4. The van der Waals surface area contributed by atoms with E-state index < -0.39 is 0 Å². The average Bonchev–Trinajstić information content (AvgIpc) is 1.87. The van der Waals surface area contributed by atoms with Crippen LogP contribution in [0.1, 0.15) is 20.8 Å². The molecule has 3 nitrogen and oxygen atoms in total. The van der Waals surface area contributed by atoms with Crippen molar-refractivity contribution in [2.75, 3.05) is 13.2 Å². The molecule has 0 saturated heterocycles. The van der Waals surface area contributed by atoms with E-state index >= 15 is 0 Å². The summed E-state index contributed by atoms with van der Waals surface area (Å²) in [7, 11) is 0. The van der Waals surface area contributed by atoms with Gasteiger partial charge in [0.2, 0.25) is 0 Å². The number of carbonyl (C=O) groups excluding carboxylic acids is 1. The van der Waals surface area contributed by atoms with Crippen LogP contribution >= 0.6 is 0 Å². The van der Waals surface area contributed by atoms with Gasteiger partial charge in [-0.2, -0.15) is 0 Å². The van der Waals surface area contributed by atoms with Gasteiger partial charge in [0.25, 0.3) is 0 Å². The number of esters is 1. The Morgan fingerprint density at radius 3 is 2.36 bits per heavy atom. The number of rotatable bonds is 4. The molecule has 0 aromatic heterocycles. The van der Waals surface area contributed by atoms with Gasteiger partial charge in [0.15, 0.2) is 0 Å². The van der Waals surface area contributed by atoms with Gasteiger partial charge in [-0.3, -0.25) is 4.79 Å². The Hall–Kier alpha value is -0.570. The van der Waals surface area contributed by atoms with Crippen molar-refractivity contribution in [2.45, 2.75) is 20.8 Å². The molecule has 0 rings (SSSR count). The van der Waals surface area contributed by atoms with Gasteiger partial charge in [0.05, 0.1) is 6.61 Å². The zero-order valence-electron chi connectivity index (χ0n) is 7.33. The van der Waals surface area contributed by atoms with Crippen LogP contribution in [0.3, 0.4) is 0 Å². The van der Waals surface area contributed by atoms with E-state index in [1.807, 2.05) is 13.8 Å². The molecule has 0 amide bonds. The molecule has 0 bridgehead atoms. The Bertz CT molecular complexity index is 121. The molecule has 0 aliphatic carbocycles. The molecular weight excluding hydrogens is 144 g/mol. The lowest BCUT2D eigenvalue weighted by Crippen LogP contribution is -2.21. The molecule has 0 aliphatic heterocycles. The number of aliphatic hydroxyl groups is 1. The van der Waals surface area contributed by atoms with Gasteiger partial charge < -0.3 is 9.84 Å². The standard InChI is InChI=1S/C8H16O3/c1-6(2)8(4-9)5-11-7(3)10/h6,8-9H,4-5H2,1-3H3. The minimum atomic E-state index is -0.288. The van der Waals surface area contributed by atoms with Crippen molar-refractivity contribution in [3.8, 4) is 0 Å². The predicted octanol–water partition coefficient (Wildman–Crippen LogP) is 0.814. The van der Waals surface area contributed by atoms with E-state index in [1.165, 1.54) is 6.92 Å². The lowest BCUT2D eigenvalue weighted by molar-refractivity contribution is -0.143. The van der Waals surface area contributed by atoms with Gasteiger partial charge >= 0.3 is 5.97 Å². The van der Waals surface area contributed by atoms with E-state index in [1.54, 1.807) is 0 Å². The Kier molecular flexibility index (Phi) is 4.86. The van der Waals surface area contributed by atoms with E-state index in [9.17, 15) is 4.79 Å². The van der Waals surface area contributed by atoms with Crippen molar-refractivity contribution in [1.82, 2.24) is 0 Å². The molecule has 0 radical (unpaired) electrons. The zero-order chi connectivity index (χ0) is 8.85. The topological polar surface area (TPSA) is 46.5 Å². The summed E-state index contributed by atoms with van der Waals surface area (Å²) in [6.07, 6.45) is 0. The Morgan fingerprint density at radius 1 is 1.55 bits per heavy atom. The molecule has 1 N–H and O–H groups in total. The van der Waals surface area contributed by atoms with Gasteiger partial charge in [0.1, 0.15) is 0 Å². The first-order valence-electron chi connectivity index (χ1n) is 3.82. The van der Waals surface area contributed by atoms with E-state index in [4.69, 9.17) is 9.84 Å². The van der Waals surface area contributed by atoms with Gasteiger partial charge in [-0.1, -0.05) is 13.8 Å². The van der Waals surface area contributed by atoms with Crippen LogP contribution in [0.4, 0.5) is 0 Å². The van der Waals surface area contributed by atoms with Crippen LogP contribution in [0.15, 0.2) is 0 Å². The predicted molar refractivity (Wildman–Crippen MR) is 42.0 cm³/mol. The second-order valence-electron chi connectivity index (χ2n) is 2.99. The molecule has 0 aromatic rings. The summed E-state index contributed by atoms with van der Waals surface area (Å²) < 4.78 is 4.76. The Labute approximate surface area is 67.4 Å². The van der Waals surface area contributed by atoms with Crippen molar-refractivity contribution >= 4 is 5.97 Å². The summed E-state index contributed by atoms with van der Waals surface area (Å²) in [4.78, 5) is 10.4. The van der Waals surface area contributed by atoms with Crippen LogP contribution in [0.2, 0.25) is 0 Å². The van der Waals surface area contributed by atoms with Gasteiger partial charge in [-0.15, -0.1) is 0 Å². The largest absolute Gasteiger partial charge is 0.465 e. The summed E-state index contributed by atoms with van der Waals surface area (Å²) in [5.41, 5.74) is 0. The van der Waals surface area contributed by atoms with E-state index in [-0.39, 0.29) is 18.5 Å². The first-order chi connectivity index (χ1) is 5.07. The van der Waals surface area contributed by atoms with Crippen LogP contribution in [0.25, 0.3) is 0 Å². The van der Waals surface area contributed by atoms with Crippen molar-refractivity contribution in [3.63, 3.8) is 0 Å². The van der Waals surface area contributed by atoms with E-state index in [2.05, 4.69) is 0 Å². The smallest absolute Gasteiger partial charge is 0.302 e. The second-order valence-corrected chi connectivity index (χ2v) is 2.99. The molecule has 1 unspecified atom stereocenters. The summed E-state index contributed by atoms with van der Waals surface area (Å²) in [6.45, 7) is 5.75. The van der Waals surface area contributed by atoms with Crippen LogP contribution < -0.4 is 0 Å². The fourth-order valence-corrected chi connectivity index (χ4v) is 0.680. The number of ether oxygens (including phenoxy) is 1. The van der Waals surface area contributed by atoms with Crippen LogP contribution in [-0.2, 0) is 9.53 Å². The van der Waals surface area contributed by atoms with Gasteiger partial charge in [-0.25, -0.2) is 0 Å². The lowest BCUT2D eigenvalue weighted by atomic mass is 9.98. The summed E-state index contributed by atoms with van der Waals surface area (Å²) >= 11 is 0. The summed E-state index contributed by atoms with van der Waals surface area (Å²) in [5.74, 6) is 0.127. The number of aliphatic hydroxyl groups excluding tert-OH is 1. The quantitative estimate of drug-likeness (QED) is 0.619. The Morgan fingerprint density at radius 2 is 2.09 bits per heavy atom. The molecule has 0 fully saturated rings. The number of carbonyl (C=O) groups is 1. The average molecular weight is 160 g/mol. The molecule has 3 heteroatoms. The van der Waals surface area contributed by atoms with Crippen molar-refractivity contribution in [3.05, 3.63) is 0 Å². The highest BCUT2D eigenvalue weighted by atomic mass is 16.5. The molecule has 66 valence electrons. The van der Waals surface area contributed by atoms with Gasteiger partial charge in [-0.05, 0) is 5.92 Å². The summed E-state index contributed by atoms with van der Waals surface area (Å²) in [6, 6.07) is 0.